The van der Waals surface area contributed by atoms with Crippen molar-refractivity contribution in [3.63, 3.8) is 0 Å². The Labute approximate surface area is 63.3 Å². The van der Waals surface area contributed by atoms with Gasteiger partial charge in [0.25, 0.3) is 0 Å². The van der Waals surface area contributed by atoms with Crippen LogP contribution in [0, 0.1) is 23.7 Å². The third kappa shape index (κ3) is 6.86. The van der Waals surface area contributed by atoms with Gasteiger partial charge in [0, 0.05) is 0 Å². The zero-order valence-electron chi connectivity index (χ0n) is 6.57. The lowest BCUT2D eigenvalue weighted by molar-refractivity contribution is 0.959. The van der Waals surface area contributed by atoms with Crippen molar-refractivity contribution in [3.8, 4) is 23.7 Å². The van der Waals surface area contributed by atoms with Crippen molar-refractivity contribution >= 4 is 0 Å². The minimum Gasteiger partial charge on any atom is -0.0925 e. The molecule has 0 atom stereocenters. The fraction of sp³-hybridized carbons (Fsp3) is 0.400. The minimum absolute atomic E-state index is 1.11. The van der Waals surface area contributed by atoms with Gasteiger partial charge in [-0.1, -0.05) is 31.3 Å². The molecule has 0 aliphatic carbocycles. The molecule has 0 aliphatic heterocycles. The fourth-order valence-corrected chi connectivity index (χ4v) is 0.449. The lowest BCUT2D eigenvalue weighted by Gasteiger charge is -1.76. The Bertz CT molecular complexity index is 200. The van der Waals surface area contributed by atoms with E-state index in [1.807, 2.05) is 6.08 Å². The monoisotopic (exact) mass is 132 g/mol. The first-order valence-electron chi connectivity index (χ1n) is 3.49. The Hall–Kier alpha value is -1.14. The zero-order chi connectivity index (χ0) is 7.66. The van der Waals surface area contributed by atoms with E-state index in [2.05, 4.69) is 36.7 Å². The van der Waals surface area contributed by atoms with Gasteiger partial charge in [-0.15, -0.1) is 0 Å². The maximum Gasteiger partial charge on any atom is -0.00168 e. The molecule has 0 aromatic rings. The molecule has 0 nitrogen and oxygen atoms in total. The molecule has 0 heteroatoms. The van der Waals surface area contributed by atoms with E-state index < -0.39 is 0 Å². The predicted molar refractivity (Wildman–Crippen MR) is 45.3 cm³/mol. The Balaban J connectivity index is 3.50. The van der Waals surface area contributed by atoms with E-state index >= 15 is 0 Å². The first kappa shape index (κ1) is 8.86. The molecule has 0 spiro atoms. The van der Waals surface area contributed by atoms with Crippen LogP contribution >= 0.6 is 0 Å². The van der Waals surface area contributed by atoms with Crippen molar-refractivity contribution in [1.82, 2.24) is 0 Å². The number of hydrogen-bond donors (Lipinski definition) is 0. The number of unbranched alkanes of at least 4 members (excludes halogenated alkanes) is 1. The molecule has 52 valence electrons. The van der Waals surface area contributed by atoms with E-state index in [0.29, 0.717) is 0 Å². The standard InChI is InChI=1S/C10H12/c1-3-5-7-9-10-8-6-4-2/h7,9H,3,5H2,1-2H3. The van der Waals surface area contributed by atoms with Crippen molar-refractivity contribution in [2.24, 2.45) is 0 Å². The van der Waals surface area contributed by atoms with Crippen LogP contribution in [-0.4, -0.2) is 0 Å². The molecule has 0 amide bonds. The van der Waals surface area contributed by atoms with E-state index in [1.54, 1.807) is 6.92 Å². The number of allylic oxidation sites excluding steroid dienone is 2. The van der Waals surface area contributed by atoms with Crippen LogP contribution < -0.4 is 0 Å². The van der Waals surface area contributed by atoms with Crippen LogP contribution in [0.15, 0.2) is 12.2 Å². The molecular formula is C10H12. The zero-order valence-corrected chi connectivity index (χ0v) is 6.57. The largest absolute Gasteiger partial charge is 0.0925 e. The van der Waals surface area contributed by atoms with Gasteiger partial charge in [-0.25, -0.2) is 0 Å². The Morgan fingerprint density at radius 1 is 1.30 bits per heavy atom. The molecule has 0 bridgehead atoms. The van der Waals surface area contributed by atoms with Gasteiger partial charge in [0.15, 0.2) is 0 Å². The highest BCUT2D eigenvalue weighted by Crippen LogP contribution is 1.85. The third-order valence-corrected chi connectivity index (χ3v) is 0.916. The SMILES string of the molecule is CC#CC#CC=CCCC. The lowest BCUT2D eigenvalue weighted by atomic mass is 10.3. The summed E-state index contributed by atoms with van der Waals surface area (Å²) in [7, 11) is 0. The van der Waals surface area contributed by atoms with Crippen LogP contribution in [0.25, 0.3) is 0 Å². The molecule has 0 radical (unpaired) electrons. The second kappa shape index (κ2) is 7.86. The van der Waals surface area contributed by atoms with Crippen LogP contribution in [-0.2, 0) is 0 Å². The van der Waals surface area contributed by atoms with Gasteiger partial charge in [-0.2, -0.15) is 0 Å². The number of hydrogen-bond acceptors (Lipinski definition) is 0. The lowest BCUT2D eigenvalue weighted by Crippen LogP contribution is -1.58. The first-order chi connectivity index (χ1) is 4.91. The summed E-state index contributed by atoms with van der Waals surface area (Å²) in [4.78, 5) is 0. The molecule has 10 heavy (non-hydrogen) atoms. The highest BCUT2D eigenvalue weighted by molar-refractivity contribution is 5.29. The summed E-state index contributed by atoms with van der Waals surface area (Å²) in [6.07, 6.45) is 6.20. The summed E-state index contributed by atoms with van der Waals surface area (Å²) in [5, 5.41) is 0. The van der Waals surface area contributed by atoms with Crippen molar-refractivity contribution in [1.29, 1.82) is 0 Å². The maximum absolute atomic E-state index is 2.82. The summed E-state index contributed by atoms with van der Waals surface area (Å²) >= 11 is 0. The highest BCUT2D eigenvalue weighted by Gasteiger charge is 1.67. The second-order valence-corrected chi connectivity index (χ2v) is 1.84. The molecular weight excluding hydrogens is 120 g/mol. The molecule has 0 saturated heterocycles. The van der Waals surface area contributed by atoms with Crippen LogP contribution in [0.3, 0.4) is 0 Å². The van der Waals surface area contributed by atoms with Crippen LogP contribution in [0.5, 0.6) is 0 Å². The molecule has 0 N–H and O–H groups in total. The number of rotatable bonds is 2. The van der Waals surface area contributed by atoms with E-state index in [0.717, 1.165) is 6.42 Å². The van der Waals surface area contributed by atoms with Crippen molar-refractivity contribution in [3.05, 3.63) is 12.2 Å². The van der Waals surface area contributed by atoms with E-state index in [9.17, 15) is 0 Å². The van der Waals surface area contributed by atoms with Crippen molar-refractivity contribution in [2.45, 2.75) is 26.7 Å². The van der Waals surface area contributed by atoms with Gasteiger partial charge in [0.2, 0.25) is 0 Å². The van der Waals surface area contributed by atoms with E-state index in [4.69, 9.17) is 0 Å². The fourth-order valence-electron chi connectivity index (χ4n) is 0.449. The first-order valence-corrected chi connectivity index (χ1v) is 3.49. The smallest absolute Gasteiger partial charge is 0.00168 e. The Morgan fingerprint density at radius 3 is 2.70 bits per heavy atom. The normalized spacial score (nSPS) is 7.80. The molecule has 0 rings (SSSR count). The average molecular weight is 132 g/mol. The molecule has 0 unspecified atom stereocenters. The van der Waals surface area contributed by atoms with Crippen molar-refractivity contribution < 1.29 is 0 Å². The van der Waals surface area contributed by atoms with Gasteiger partial charge in [-0.05, 0) is 31.3 Å². The second-order valence-electron chi connectivity index (χ2n) is 1.84. The predicted octanol–water partition coefficient (Wildman–Crippen LogP) is 2.37. The van der Waals surface area contributed by atoms with Gasteiger partial charge >= 0.3 is 0 Å². The van der Waals surface area contributed by atoms with Gasteiger partial charge in [0.1, 0.15) is 0 Å². The van der Waals surface area contributed by atoms with Gasteiger partial charge in [-0.3, -0.25) is 0 Å². The molecule has 0 heterocycles. The molecule has 0 saturated carbocycles. The van der Waals surface area contributed by atoms with Crippen LogP contribution in [0.2, 0.25) is 0 Å². The van der Waals surface area contributed by atoms with Crippen LogP contribution in [0.1, 0.15) is 26.7 Å². The summed E-state index contributed by atoms with van der Waals surface area (Å²) in [5.41, 5.74) is 0. The maximum atomic E-state index is 2.82. The van der Waals surface area contributed by atoms with Crippen LogP contribution in [0.4, 0.5) is 0 Å². The molecule has 0 aliphatic rings. The van der Waals surface area contributed by atoms with Crippen molar-refractivity contribution in [2.75, 3.05) is 0 Å². The third-order valence-electron chi connectivity index (χ3n) is 0.916. The topological polar surface area (TPSA) is 0 Å². The summed E-state index contributed by atoms with van der Waals surface area (Å²) < 4.78 is 0. The summed E-state index contributed by atoms with van der Waals surface area (Å²) in [6, 6.07) is 0. The summed E-state index contributed by atoms with van der Waals surface area (Å²) in [6.45, 7) is 3.92. The van der Waals surface area contributed by atoms with E-state index in [-0.39, 0.29) is 0 Å². The summed E-state index contributed by atoms with van der Waals surface area (Å²) in [5.74, 6) is 10.9. The highest BCUT2D eigenvalue weighted by atomic mass is 13.7. The van der Waals surface area contributed by atoms with E-state index in [1.165, 1.54) is 6.42 Å². The quantitative estimate of drug-likeness (QED) is 0.506. The van der Waals surface area contributed by atoms with Gasteiger partial charge < -0.3 is 0 Å². The molecule has 0 fully saturated rings. The molecule has 0 aromatic heterocycles. The van der Waals surface area contributed by atoms with Gasteiger partial charge in [0.05, 0.1) is 0 Å². The Kier molecular flexibility index (Phi) is 6.96. The Morgan fingerprint density at radius 2 is 2.10 bits per heavy atom. The minimum atomic E-state index is 1.11. The average Bonchev–Trinajstić information content (AvgIpc) is 1.97. The molecule has 0 aromatic carbocycles.